The third kappa shape index (κ3) is 1.23. The van der Waals surface area contributed by atoms with Crippen LogP contribution >= 0.6 is 0 Å². The summed E-state index contributed by atoms with van der Waals surface area (Å²) < 4.78 is 9.71. The van der Waals surface area contributed by atoms with Gasteiger partial charge in [-0.1, -0.05) is 0 Å². The van der Waals surface area contributed by atoms with Crippen LogP contribution in [0.5, 0.6) is 0 Å². The van der Waals surface area contributed by atoms with Crippen molar-refractivity contribution in [3.05, 3.63) is 24.6 Å². The lowest BCUT2D eigenvalue weighted by atomic mass is 10.4. The first kappa shape index (κ1) is 6.02. The molecule has 2 aromatic heterocycles. The first-order chi connectivity index (χ1) is 5.45. The van der Waals surface area contributed by atoms with Crippen molar-refractivity contribution in [2.75, 3.05) is 0 Å². The van der Waals surface area contributed by atoms with E-state index < -0.39 is 0 Å². The molecule has 0 radical (unpaired) electrons. The van der Waals surface area contributed by atoms with E-state index in [0.717, 1.165) is 0 Å². The molecular weight excluding hydrogens is 148 g/mol. The molecule has 2 heterocycles. The molecule has 0 spiro atoms. The first-order valence-corrected chi connectivity index (χ1v) is 2.95. The summed E-state index contributed by atoms with van der Waals surface area (Å²) in [6.45, 7) is 0. The Labute approximate surface area is 61.3 Å². The van der Waals surface area contributed by atoms with Gasteiger partial charge in [0.05, 0.1) is 0 Å². The normalized spacial score (nSPS) is 10.2. The third-order valence-corrected chi connectivity index (χ3v) is 1.11. The molecule has 0 fully saturated rings. The summed E-state index contributed by atoms with van der Waals surface area (Å²) in [7, 11) is 0. The maximum Gasteiger partial charge on any atom is 0.225 e. The van der Waals surface area contributed by atoms with Gasteiger partial charge in [0.25, 0.3) is 0 Å². The van der Waals surface area contributed by atoms with Gasteiger partial charge in [-0.2, -0.15) is 0 Å². The van der Waals surface area contributed by atoms with Gasteiger partial charge in [0.2, 0.25) is 24.6 Å². The van der Waals surface area contributed by atoms with Crippen LogP contribution in [0.3, 0.4) is 0 Å². The highest BCUT2D eigenvalue weighted by Crippen LogP contribution is 2.00. The molecule has 0 aliphatic carbocycles. The molecule has 0 bridgehead atoms. The molecule has 0 amide bonds. The molecule has 56 valence electrons. The van der Waals surface area contributed by atoms with E-state index in [1.807, 2.05) is 0 Å². The van der Waals surface area contributed by atoms with E-state index in [1.165, 1.54) is 12.8 Å². The highest BCUT2D eigenvalue weighted by molar-refractivity contribution is 4.87. The van der Waals surface area contributed by atoms with Crippen LogP contribution in [0.25, 0.3) is 0 Å². The molecule has 0 aromatic carbocycles. The van der Waals surface area contributed by atoms with E-state index in [4.69, 9.17) is 8.83 Å². The SMILES string of the molecule is c1nnc(Cc2nnco2)o1. The molecule has 0 N–H and O–H groups in total. The van der Waals surface area contributed by atoms with Crippen LogP contribution < -0.4 is 0 Å². The highest BCUT2D eigenvalue weighted by atomic mass is 16.4. The van der Waals surface area contributed by atoms with Gasteiger partial charge >= 0.3 is 0 Å². The van der Waals surface area contributed by atoms with Gasteiger partial charge in [0, 0.05) is 0 Å². The number of rotatable bonds is 2. The maximum absolute atomic E-state index is 4.86. The minimum Gasteiger partial charge on any atom is -0.427 e. The molecule has 2 rings (SSSR count). The zero-order valence-electron chi connectivity index (χ0n) is 5.47. The van der Waals surface area contributed by atoms with Crippen LogP contribution in [0.2, 0.25) is 0 Å². The predicted octanol–water partition coefficient (Wildman–Crippen LogP) is 0.0434. The molecule has 0 unspecified atom stereocenters. The van der Waals surface area contributed by atoms with Crippen molar-refractivity contribution < 1.29 is 8.83 Å². The average molecular weight is 152 g/mol. The van der Waals surface area contributed by atoms with Crippen LogP contribution in [0.15, 0.2) is 21.6 Å². The van der Waals surface area contributed by atoms with Crippen LogP contribution in [0.1, 0.15) is 11.8 Å². The fourth-order valence-electron chi connectivity index (χ4n) is 0.675. The molecule has 0 atom stereocenters. The van der Waals surface area contributed by atoms with E-state index in [9.17, 15) is 0 Å². The Morgan fingerprint density at radius 3 is 1.91 bits per heavy atom. The molecular formula is C5H4N4O2. The first-order valence-electron chi connectivity index (χ1n) is 2.95. The molecule has 0 aliphatic heterocycles. The van der Waals surface area contributed by atoms with E-state index in [2.05, 4.69) is 20.4 Å². The van der Waals surface area contributed by atoms with Gasteiger partial charge in [0.15, 0.2) is 0 Å². The minimum absolute atomic E-state index is 0.389. The zero-order chi connectivity index (χ0) is 7.52. The van der Waals surface area contributed by atoms with Gasteiger partial charge in [0.1, 0.15) is 6.42 Å². The molecule has 0 aliphatic rings. The van der Waals surface area contributed by atoms with E-state index >= 15 is 0 Å². The molecule has 11 heavy (non-hydrogen) atoms. The smallest absolute Gasteiger partial charge is 0.225 e. The van der Waals surface area contributed by atoms with Gasteiger partial charge in [-0.05, 0) is 0 Å². The second kappa shape index (κ2) is 2.49. The number of nitrogens with zero attached hydrogens (tertiary/aromatic N) is 4. The van der Waals surface area contributed by atoms with Crippen molar-refractivity contribution in [2.24, 2.45) is 0 Å². The fraction of sp³-hybridized carbons (Fsp3) is 0.200. The van der Waals surface area contributed by atoms with Crippen molar-refractivity contribution in [3.63, 3.8) is 0 Å². The van der Waals surface area contributed by atoms with E-state index in [0.29, 0.717) is 18.2 Å². The summed E-state index contributed by atoms with van der Waals surface area (Å²) >= 11 is 0. The molecule has 2 aromatic rings. The third-order valence-electron chi connectivity index (χ3n) is 1.11. The van der Waals surface area contributed by atoms with Gasteiger partial charge in [-0.3, -0.25) is 0 Å². The van der Waals surface area contributed by atoms with E-state index in [1.54, 1.807) is 0 Å². The van der Waals surface area contributed by atoms with Crippen molar-refractivity contribution in [1.82, 2.24) is 20.4 Å². The number of aromatic nitrogens is 4. The van der Waals surface area contributed by atoms with Crippen molar-refractivity contribution in [1.29, 1.82) is 0 Å². The van der Waals surface area contributed by atoms with Crippen LogP contribution in [0.4, 0.5) is 0 Å². The fourth-order valence-corrected chi connectivity index (χ4v) is 0.675. The lowest BCUT2D eigenvalue weighted by molar-refractivity contribution is 0.455. The number of hydrogen-bond acceptors (Lipinski definition) is 6. The van der Waals surface area contributed by atoms with Gasteiger partial charge in [-0.25, -0.2) is 0 Å². The Bertz CT molecular complexity index is 269. The quantitative estimate of drug-likeness (QED) is 0.604. The Kier molecular flexibility index (Phi) is 1.36. The molecule has 0 saturated heterocycles. The molecule has 0 saturated carbocycles. The summed E-state index contributed by atoms with van der Waals surface area (Å²) in [6.07, 6.45) is 2.90. The van der Waals surface area contributed by atoms with E-state index in [-0.39, 0.29) is 0 Å². The molecule has 6 nitrogen and oxygen atoms in total. The summed E-state index contributed by atoms with van der Waals surface area (Å²) in [5.41, 5.74) is 0. The second-order valence-corrected chi connectivity index (χ2v) is 1.84. The van der Waals surface area contributed by atoms with Crippen LogP contribution in [-0.2, 0) is 6.42 Å². The summed E-state index contributed by atoms with van der Waals surface area (Å²) in [5.74, 6) is 0.934. The standard InChI is InChI=1S/C5H4N4O2/c1(4-8-6-2-10-4)5-9-7-3-11-5/h2-3H,1H2. The lowest BCUT2D eigenvalue weighted by Gasteiger charge is -1.83. The van der Waals surface area contributed by atoms with Gasteiger partial charge in [-0.15, -0.1) is 20.4 Å². The Morgan fingerprint density at radius 1 is 1.00 bits per heavy atom. The van der Waals surface area contributed by atoms with Crippen molar-refractivity contribution >= 4 is 0 Å². The lowest BCUT2D eigenvalue weighted by Crippen LogP contribution is -1.88. The summed E-state index contributed by atoms with van der Waals surface area (Å²) in [5, 5.41) is 14.3. The Hall–Kier alpha value is -1.72. The average Bonchev–Trinajstić information content (AvgIpc) is 2.60. The Morgan fingerprint density at radius 2 is 1.55 bits per heavy atom. The highest BCUT2D eigenvalue weighted by Gasteiger charge is 2.04. The molecule has 6 heteroatoms. The summed E-state index contributed by atoms with van der Waals surface area (Å²) in [4.78, 5) is 0. The second-order valence-electron chi connectivity index (χ2n) is 1.84. The summed E-state index contributed by atoms with van der Waals surface area (Å²) in [6, 6.07) is 0. The zero-order valence-corrected chi connectivity index (χ0v) is 5.47. The maximum atomic E-state index is 4.86. The van der Waals surface area contributed by atoms with Crippen molar-refractivity contribution in [3.8, 4) is 0 Å². The monoisotopic (exact) mass is 152 g/mol. The topological polar surface area (TPSA) is 77.8 Å². The Balaban J connectivity index is 2.14. The number of hydrogen-bond donors (Lipinski definition) is 0. The van der Waals surface area contributed by atoms with Crippen LogP contribution in [-0.4, -0.2) is 20.4 Å². The largest absolute Gasteiger partial charge is 0.427 e. The van der Waals surface area contributed by atoms with Crippen LogP contribution in [0, 0.1) is 0 Å². The minimum atomic E-state index is 0.389. The van der Waals surface area contributed by atoms with Crippen molar-refractivity contribution in [2.45, 2.75) is 6.42 Å². The predicted molar refractivity (Wildman–Crippen MR) is 31.4 cm³/mol. The van der Waals surface area contributed by atoms with Gasteiger partial charge < -0.3 is 8.83 Å².